The molecule has 84 valence electrons. The van der Waals surface area contributed by atoms with Crippen LogP contribution < -0.4 is 5.32 Å². The predicted molar refractivity (Wildman–Crippen MR) is 59.9 cm³/mol. The van der Waals surface area contributed by atoms with Gasteiger partial charge in [-0.3, -0.25) is 4.79 Å². The maximum atomic E-state index is 11.5. The third-order valence-electron chi connectivity index (χ3n) is 1.85. The standard InChI is InChI=1S/C10H16N2O2S/c1-7-5-15-9(11-7)4-8(14)12-10(2,3)6-13/h5,13H,4,6H2,1-3H3,(H,12,14). The Bertz CT molecular complexity index is 347. The smallest absolute Gasteiger partial charge is 0.227 e. The summed E-state index contributed by atoms with van der Waals surface area (Å²) in [4.78, 5) is 15.7. The number of aliphatic hydroxyl groups is 1. The number of aryl methyl sites for hydroxylation is 1. The first-order valence-corrected chi connectivity index (χ1v) is 5.64. The van der Waals surface area contributed by atoms with E-state index in [1.54, 1.807) is 13.8 Å². The van der Waals surface area contributed by atoms with Gasteiger partial charge < -0.3 is 10.4 Å². The van der Waals surface area contributed by atoms with Crippen LogP contribution in [0.1, 0.15) is 24.5 Å². The number of nitrogens with one attached hydrogen (secondary N) is 1. The molecule has 0 saturated carbocycles. The molecule has 1 aromatic rings. The van der Waals surface area contributed by atoms with Crippen LogP contribution in [-0.2, 0) is 11.2 Å². The highest BCUT2D eigenvalue weighted by molar-refractivity contribution is 7.09. The quantitative estimate of drug-likeness (QED) is 0.804. The SMILES string of the molecule is Cc1csc(CC(=O)NC(C)(C)CO)n1. The zero-order chi connectivity index (χ0) is 11.5. The lowest BCUT2D eigenvalue weighted by molar-refractivity contribution is -0.122. The van der Waals surface area contributed by atoms with Crippen molar-refractivity contribution in [2.45, 2.75) is 32.7 Å². The average Bonchev–Trinajstić information content (AvgIpc) is 2.50. The van der Waals surface area contributed by atoms with Crippen LogP contribution >= 0.6 is 11.3 Å². The number of nitrogens with zero attached hydrogens (tertiary/aromatic N) is 1. The number of aromatic nitrogens is 1. The van der Waals surface area contributed by atoms with Crippen molar-refractivity contribution < 1.29 is 9.90 Å². The minimum atomic E-state index is -0.566. The molecule has 0 aliphatic carbocycles. The third kappa shape index (κ3) is 3.97. The summed E-state index contributed by atoms with van der Waals surface area (Å²) in [5.74, 6) is -0.108. The summed E-state index contributed by atoms with van der Waals surface area (Å²) < 4.78 is 0. The van der Waals surface area contributed by atoms with E-state index in [4.69, 9.17) is 5.11 Å². The summed E-state index contributed by atoms with van der Waals surface area (Å²) in [6, 6.07) is 0. The molecule has 0 aromatic carbocycles. The maximum absolute atomic E-state index is 11.5. The van der Waals surface area contributed by atoms with Gasteiger partial charge in [0, 0.05) is 11.1 Å². The van der Waals surface area contributed by atoms with Gasteiger partial charge in [-0.15, -0.1) is 11.3 Å². The second-order valence-electron chi connectivity index (χ2n) is 4.15. The van der Waals surface area contributed by atoms with E-state index < -0.39 is 5.54 Å². The number of amides is 1. The average molecular weight is 228 g/mol. The highest BCUT2D eigenvalue weighted by Gasteiger charge is 2.19. The topological polar surface area (TPSA) is 62.2 Å². The van der Waals surface area contributed by atoms with E-state index in [9.17, 15) is 4.79 Å². The molecule has 1 aromatic heterocycles. The fourth-order valence-corrected chi connectivity index (χ4v) is 1.85. The van der Waals surface area contributed by atoms with Gasteiger partial charge in [-0.1, -0.05) is 0 Å². The lowest BCUT2D eigenvalue weighted by Crippen LogP contribution is -2.46. The van der Waals surface area contributed by atoms with Crippen LogP contribution in [0.5, 0.6) is 0 Å². The van der Waals surface area contributed by atoms with Gasteiger partial charge in [0.2, 0.25) is 5.91 Å². The largest absolute Gasteiger partial charge is 0.394 e. The van der Waals surface area contributed by atoms with Crippen molar-refractivity contribution >= 4 is 17.2 Å². The normalized spacial score (nSPS) is 11.5. The highest BCUT2D eigenvalue weighted by atomic mass is 32.1. The first-order valence-electron chi connectivity index (χ1n) is 4.76. The van der Waals surface area contributed by atoms with Gasteiger partial charge in [0.1, 0.15) is 5.01 Å². The first-order chi connectivity index (χ1) is 6.93. The number of carbonyl (C=O) groups excluding carboxylic acids is 1. The molecule has 0 saturated heterocycles. The monoisotopic (exact) mass is 228 g/mol. The van der Waals surface area contributed by atoms with E-state index in [0.717, 1.165) is 10.7 Å². The maximum Gasteiger partial charge on any atom is 0.227 e. The van der Waals surface area contributed by atoms with E-state index in [2.05, 4.69) is 10.3 Å². The van der Waals surface area contributed by atoms with Crippen molar-refractivity contribution in [2.24, 2.45) is 0 Å². The Morgan fingerprint density at radius 1 is 1.67 bits per heavy atom. The molecular weight excluding hydrogens is 212 g/mol. The summed E-state index contributed by atoms with van der Waals surface area (Å²) in [5.41, 5.74) is 0.368. The minimum Gasteiger partial charge on any atom is -0.394 e. The molecule has 0 bridgehead atoms. The molecule has 0 atom stereocenters. The van der Waals surface area contributed by atoms with Gasteiger partial charge in [-0.25, -0.2) is 4.98 Å². The van der Waals surface area contributed by atoms with Gasteiger partial charge >= 0.3 is 0 Å². The Balaban J connectivity index is 2.50. The van der Waals surface area contributed by atoms with Crippen LogP contribution in [0, 0.1) is 6.92 Å². The second-order valence-corrected chi connectivity index (χ2v) is 5.09. The molecule has 0 unspecified atom stereocenters. The Kier molecular flexibility index (Phi) is 3.82. The van der Waals surface area contributed by atoms with Crippen molar-refractivity contribution in [3.8, 4) is 0 Å². The Hall–Kier alpha value is -0.940. The molecule has 1 heterocycles. The predicted octanol–water partition coefficient (Wildman–Crippen LogP) is 0.881. The molecule has 4 nitrogen and oxygen atoms in total. The summed E-state index contributed by atoms with van der Waals surface area (Å²) in [6.07, 6.45) is 0.280. The fourth-order valence-electron chi connectivity index (χ4n) is 1.08. The van der Waals surface area contributed by atoms with E-state index >= 15 is 0 Å². The number of hydrogen-bond acceptors (Lipinski definition) is 4. The summed E-state index contributed by atoms with van der Waals surface area (Å²) in [7, 11) is 0. The zero-order valence-corrected chi connectivity index (χ0v) is 10.0. The third-order valence-corrected chi connectivity index (χ3v) is 2.82. The van der Waals surface area contributed by atoms with E-state index in [0.29, 0.717) is 0 Å². The lowest BCUT2D eigenvalue weighted by atomic mass is 10.1. The Morgan fingerprint density at radius 2 is 2.33 bits per heavy atom. The number of thiazole rings is 1. The van der Waals surface area contributed by atoms with Crippen LogP contribution in [0.4, 0.5) is 0 Å². The van der Waals surface area contributed by atoms with Crippen LogP contribution in [0.2, 0.25) is 0 Å². The van der Waals surface area contributed by atoms with E-state index in [-0.39, 0.29) is 18.9 Å². The van der Waals surface area contributed by atoms with Crippen molar-refractivity contribution in [3.05, 3.63) is 16.1 Å². The van der Waals surface area contributed by atoms with Crippen LogP contribution in [0.25, 0.3) is 0 Å². The van der Waals surface area contributed by atoms with Gasteiger partial charge in [0.15, 0.2) is 0 Å². The van der Waals surface area contributed by atoms with Crippen molar-refractivity contribution in [1.29, 1.82) is 0 Å². The molecular formula is C10H16N2O2S. The second kappa shape index (κ2) is 4.72. The number of hydrogen-bond donors (Lipinski definition) is 2. The van der Waals surface area contributed by atoms with Crippen molar-refractivity contribution in [1.82, 2.24) is 10.3 Å². The first kappa shape index (κ1) is 12.1. The zero-order valence-electron chi connectivity index (χ0n) is 9.20. The van der Waals surface area contributed by atoms with Gasteiger partial charge in [0.05, 0.1) is 18.6 Å². The number of rotatable bonds is 4. The van der Waals surface area contributed by atoms with Crippen LogP contribution in [-0.4, -0.2) is 28.1 Å². The van der Waals surface area contributed by atoms with Crippen molar-refractivity contribution in [2.75, 3.05) is 6.61 Å². The molecule has 1 rings (SSSR count). The minimum absolute atomic E-state index is 0.0738. The number of aliphatic hydroxyl groups excluding tert-OH is 1. The number of carbonyl (C=O) groups is 1. The molecule has 5 heteroatoms. The van der Waals surface area contributed by atoms with Gasteiger partial charge in [0.25, 0.3) is 0 Å². The molecule has 0 aliphatic rings. The summed E-state index contributed by atoms with van der Waals surface area (Å²) in [5, 5.41) is 14.4. The van der Waals surface area contributed by atoms with Gasteiger partial charge in [-0.05, 0) is 20.8 Å². The molecule has 0 aliphatic heterocycles. The molecule has 0 spiro atoms. The lowest BCUT2D eigenvalue weighted by Gasteiger charge is -2.23. The fraction of sp³-hybridized carbons (Fsp3) is 0.600. The van der Waals surface area contributed by atoms with Crippen LogP contribution in [0.15, 0.2) is 5.38 Å². The van der Waals surface area contributed by atoms with Gasteiger partial charge in [-0.2, -0.15) is 0 Å². The van der Waals surface area contributed by atoms with E-state index in [1.165, 1.54) is 11.3 Å². The molecule has 0 fully saturated rings. The van der Waals surface area contributed by atoms with E-state index in [1.807, 2.05) is 12.3 Å². The molecule has 2 N–H and O–H groups in total. The van der Waals surface area contributed by atoms with Crippen molar-refractivity contribution in [3.63, 3.8) is 0 Å². The molecule has 0 radical (unpaired) electrons. The van der Waals surface area contributed by atoms with Crippen LogP contribution in [0.3, 0.4) is 0 Å². The highest BCUT2D eigenvalue weighted by Crippen LogP contribution is 2.10. The summed E-state index contributed by atoms with van der Waals surface area (Å²) in [6.45, 7) is 5.38. The molecule has 1 amide bonds. The Labute approximate surface area is 93.4 Å². The Morgan fingerprint density at radius 3 is 2.80 bits per heavy atom. The molecule has 15 heavy (non-hydrogen) atoms. The summed E-state index contributed by atoms with van der Waals surface area (Å²) >= 11 is 1.48.